The smallest absolute Gasteiger partial charge is 0.227 e. The number of ether oxygens (including phenoxy) is 1. The molecule has 7 heteroatoms. The van der Waals surface area contributed by atoms with E-state index in [1.165, 1.54) is 6.07 Å². The third-order valence-corrected chi connectivity index (χ3v) is 5.10. The van der Waals surface area contributed by atoms with Gasteiger partial charge in [0.15, 0.2) is 11.6 Å². The van der Waals surface area contributed by atoms with Crippen LogP contribution in [0, 0.1) is 18.6 Å². The molecule has 0 bridgehead atoms. The average molecular weight is 430 g/mol. The van der Waals surface area contributed by atoms with Gasteiger partial charge in [0, 0.05) is 19.2 Å². The first kappa shape index (κ1) is 22.9. The Morgan fingerprint density at radius 2 is 1.87 bits per heavy atom. The van der Waals surface area contributed by atoms with Crippen LogP contribution in [-0.4, -0.2) is 39.0 Å². The standard InChI is InChI=1S/C24H29F2N3O2/c1-4-13-28(15-20(30)5-2)16-21-17(3)27-29(19-9-7-6-8-10-19)24(21)31-23-12-11-18(25)14-22(23)26/h6-12,14,20,30H,4-5,13,15-16H2,1-3H3/t20-/m0/s1. The van der Waals surface area contributed by atoms with E-state index in [2.05, 4.69) is 16.9 Å². The van der Waals surface area contributed by atoms with Crippen molar-refractivity contribution in [3.63, 3.8) is 0 Å². The van der Waals surface area contributed by atoms with Crippen LogP contribution in [0.3, 0.4) is 0 Å². The van der Waals surface area contributed by atoms with E-state index in [9.17, 15) is 13.9 Å². The zero-order valence-electron chi connectivity index (χ0n) is 18.2. The molecule has 2 aromatic carbocycles. The molecule has 5 nitrogen and oxygen atoms in total. The summed E-state index contributed by atoms with van der Waals surface area (Å²) in [5.41, 5.74) is 2.31. The van der Waals surface area contributed by atoms with E-state index in [0.29, 0.717) is 25.4 Å². The van der Waals surface area contributed by atoms with Crippen LogP contribution in [0.1, 0.15) is 37.9 Å². The fourth-order valence-corrected chi connectivity index (χ4v) is 3.43. The molecule has 0 saturated carbocycles. The fraction of sp³-hybridized carbons (Fsp3) is 0.375. The monoisotopic (exact) mass is 429 g/mol. The summed E-state index contributed by atoms with van der Waals surface area (Å²) in [6.45, 7) is 7.70. The summed E-state index contributed by atoms with van der Waals surface area (Å²) in [6, 6.07) is 12.7. The Morgan fingerprint density at radius 3 is 2.52 bits per heavy atom. The number of aliphatic hydroxyl groups is 1. The van der Waals surface area contributed by atoms with Crippen molar-refractivity contribution in [2.24, 2.45) is 0 Å². The van der Waals surface area contributed by atoms with Gasteiger partial charge in [-0.2, -0.15) is 5.10 Å². The summed E-state index contributed by atoms with van der Waals surface area (Å²) in [5, 5.41) is 14.8. The number of halogens is 2. The number of hydrogen-bond donors (Lipinski definition) is 1. The van der Waals surface area contributed by atoms with Gasteiger partial charge in [-0.15, -0.1) is 0 Å². The fourth-order valence-electron chi connectivity index (χ4n) is 3.43. The molecule has 1 atom stereocenters. The number of rotatable bonds is 10. The molecule has 0 spiro atoms. The zero-order valence-corrected chi connectivity index (χ0v) is 18.2. The van der Waals surface area contributed by atoms with Crippen LogP contribution >= 0.6 is 0 Å². The van der Waals surface area contributed by atoms with Gasteiger partial charge in [0.1, 0.15) is 5.82 Å². The molecule has 0 aliphatic carbocycles. The van der Waals surface area contributed by atoms with E-state index in [1.54, 1.807) is 4.68 Å². The van der Waals surface area contributed by atoms with Crippen molar-refractivity contribution in [2.45, 2.75) is 46.3 Å². The van der Waals surface area contributed by atoms with Gasteiger partial charge >= 0.3 is 0 Å². The van der Waals surface area contributed by atoms with Crippen molar-refractivity contribution in [1.29, 1.82) is 0 Å². The lowest BCUT2D eigenvalue weighted by Crippen LogP contribution is -2.32. The lowest BCUT2D eigenvalue weighted by atomic mass is 10.2. The molecule has 1 N–H and O–H groups in total. The molecule has 3 rings (SSSR count). The van der Waals surface area contributed by atoms with Crippen LogP contribution in [0.2, 0.25) is 0 Å². The Morgan fingerprint density at radius 1 is 1.13 bits per heavy atom. The highest BCUT2D eigenvalue weighted by atomic mass is 19.1. The van der Waals surface area contributed by atoms with Gasteiger partial charge < -0.3 is 9.84 Å². The van der Waals surface area contributed by atoms with Crippen molar-refractivity contribution in [3.05, 3.63) is 71.4 Å². The van der Waals surface area contributed by atoms with E-state index in [1.807, 2.05) is 44.2 Å². The molecule has 0 unspecified atom stereocenters. The largest absolute Gasteiger partial charge is 0.435 e. The topological polar surface area (TPSA) is 50.5 Å². The number of hydrogen-bond acceptors (Lipinski definition) is 4. The Bertz CT molecular complexity index is 992. The SMILES string of the molecule is CCCN(Cc1c(C)nn(-c2ccccc2)c1Oc1ccc(F)cc1F)C[C@@H](O)CC. The molecule has 3 aromatic rings. The second-order valence-electron chi connectivity index (χ2n) is 7.59. The van der Waals surface area contributed by atoms with E-state index in [4.69, 9.17) is 4.74 Å². The Hall–Kier alpha value is -2.77. The number of benzene rings is 2. The molecular weight excluding hydrogens is 400 g/mol. The molecule has 31 heavy (non-hydrogen) atoms. The third kappa shape index (κ3) is 5.68. The van der Waals surface area contributed by atoms with Gasteiger partial charge in [0.25, 0.3) is 0 Å². The number of aromatic nitrogens is 2. The summed E-state index contributed by atoms with van der Waals surface area (Å²) < 4.78 is 35.4. The molecule has 1 heterocycles. The Labute approximate surface area is 181 Å². The first-order valence-corrected chi connectivity index (χ1v) is 10.6. The van der Waals surface area contributed by atoms with Crippen LogP contribution in [0.25, 0.3) is 5.69 Å². The zero-order chi connectivity index (χ0) is 22.4. The minimum absolute atomic E-state index is 0.0737. The molecule has 0 aliphatic heterocycles. The number of aliphatic hydroxyl groups excluding tert-OH is 1. The molecule has 166 valence electrons. The van der Waals surface area contributed by atoms with Crippen molar-refractivity contribution in [2.75, 3.05) is 13.1 Å². The van der Waals surface area contributed by atoms with Crippen molar-refractivity contribution in [1.82, 2.24) is 14.7 Å². The molecule has 1 aromatic heterocycles. The first-order chi connectivity index (χ1) is 14.9. The summed E-state index contributed by atoms with van der Waals surface area (Å²) in [6.07, 6.45) is 1.15. The van der Waals surface area contributed by atoms with Gasteiger partial charge in [0.05, 0.1) is 23.0 Å². The maximum atomic E-state index is 14.4. The highest BCUT2D eigenvalue weighted by molar-refractivity contribution is 5.43. The van der Waals surface area contributed by atoms with E-state index >= 15 is 0 Å². The number of para-hydroxylation sites is 1. The Kier molecular flexibility index (Phi) is 7.76. The summed E-state index contributed by atoms with van der Waals surface area (Å²) in [4.78, 5) is 2.14. The van der Waals surface area contributed by atoms with Crippen LogP contribution in [0.4, 0.5) is 8.78 Å². The maximum absolute atomic E-state index is 14.4. The van der Waals surface area contributed by atoms with E-state index in [-0.39, 0.29) is 5.75 Å². The molecule has 0 amide bonds. The first-order valence-electron chi connectivity index (χ1n) is 10.6. The average Bonchev–Trinajstić information content (AvgIpc) is 3.06. The number of nitrogens with zero attached hydrogens (tertiary/aromatic N) is 3. The molecule has 0 saturated heterocycles. The Balaban J connectivity index is 2.04. The van der Waals surface area contributed by atoms with Crippen LogP contribution in [-0.2, 0) is 6.54 Å². The van der Waals surface area contributed by atoms with Gasteiger partial charge in [-0.25, -0.2) is 13.5 Å². The molecule has 0 fully saturated rings. The van der Waals surface area contributed by atoms with Crippen LogP contribution in [0.15, 0.2) is 48.5 Å². The molecular formula is C24H29F2N3O2. The third-order valence-electron chi connectivity index (χ3n) is 5.10. The number of aryl methyl sites for hydroxylation is 1. The highest BCUT2D eigenvalue weighted by Crippen LogP contribution is 2.33. The van der Waals surface area contributed by atoms with Crippen molar-refractivity contribution >= 4 is 0 Å². The lowest BCUT2D eigenvalue weighted by Gasteiger charge is -2.24. The molecule has 0 radical (unpaired) electrons. The van der Waals surface area contributed by atoms with Gasteiger partial charge in [-0.1, -0.05) is 32.0 Å². The summed E-state index contributed by atoms with van der Waals surface area (Å²) in [5.74, 6) is -1.15. The predicted octanol–water partition coefficient (Wildman–Crippen LogP) is 5.23. The second kappa shape index (κ2) is 10.5. The van der Waals surface area contributed by atoms with Gasteiger partial charge in [-0.3, -0.25) is 4.90 Å². The van der Waals surface area contributed by atoms with E-state index in [0.717, 1.165) is 42.0 Å². The van der Waals surface area contributed by atoms with Crippen molar-refractivity contribution in [3.8, 4) is 17.3 Å². The minimum Gasteiger partial charge on any atom is -0.435 e. The normalized spacial score (nSPS) is 12.4. The van der Waals surface area contributed by atoms with Gasteiger partial charge in [0.2, 0.25) is 5.88 Å². The quantitative estimate of drug-likeness (QED) is 0.479. The summed E-state index contributed by atoms with van der Waals surface area (Å²) >= 11 is 0. The van der Waals surface area contributed by atoms with Crippen LogP contribution in [0.5, 0.6) is 11.6 Å². The predicted molar refractivity (Wildman–Crippen MR) is 117 cm³/mol. The highest BCUT2D eigenvalue weighted by Gasteiger charge is 2.23. The summed E-state index contributed by atoms with van der Waals surface area (Å²) in [7, 11) is 0. The van der Waals surface area contributed by atoms with Crippen LogP contribution < -0.4 is 4.74 Å². The lowest BCUT2D eigenvalue weighted by molar-refractivity contribution is 0.105. The minimum atomic E-state index is -0.781. The maximum Gasteiger partial charge on any atom is 0.227 e. The second-order valence-corrected chi connectivity index (χ2v) is 7.59. The van der Waals surface area contributed by atoms with Gasteiger partial charge in [-0.05, 0) is 50.6 Å². The van der Waals surface area contributed by atoms with E-state index < -0.39 is 17.7 Å². The van der Waals surface area contributed by atoms with Crippen molar-refractivity contribution < 1.29 is 18.6 Å². The molecule has 0 aliphatic rings.